The number of aryl methyl sites for hydroxylation is 2. The van der Waals surface area contributed by atoms with Crippen molar-refractivity contribution < 1.29 is 9.53 Å². The van der Waals surface area contributed by atoms with E-state index in [1.807, 2.05) is 32.6 Å². The van der Waals surface area contributed by atoms with Crippen molar-refractivity contribution in [1.82, 2.24) is 14.9 Å². The molecule has 1 fully saturated rings. The molecule has 3 heterocycles. The zero-order valence-corrected chi connectivity index (χ0v) is 17.0. The number of carbonyl (C=O) groups excluding carboxylic acids is 1. The van der Waals surface area contributed by atoms with Crippen LogP contribution in [0.4, 0.5) is 0 Å². The molecule has 1 amide bonds. The summed E-state index contributed by atoms with van der Waals surface area (Å²) in [5.74, 6) is 0.908. The van der Waals surface area contributed by atoms with Crippen molar-refractivity contribution in [2.24, 2.45) is 0 Å². The van der Waals surface area contributed by atoms with Gasteiger partial charge in [0.25, 0.3) is 5.91 Å². The fraction of sp³-hybridized carbons (Fsp3) is 0.632. The molecule has 0 spiro atoms. The van der Waals surface area contributed by atoms with Crippen LogP contribution in [0, 0.1) is 13.8 Å². The molecule has 1 aliphatic rings. The molecule has 2 aromatic rings. The van der Waals surface area contributed by atoms with Crippen LogP contribution in [0.2, 0.25) is 0 Å². The van der Waals surface area contributed by atoms with Gasteiger partial charge in [0.15, 0.2) is 0 Å². The average molecular weight is 362 g/mol. The highest BCUT2D eigenvalue weighted by Gasteiger charge is 2.30. The van der Waals surface area contributed by atoms with E-state index >= 15 is 0 Å². The molecule has 0 aromatic carbocycles. The monoisotopic (exact) mass is 361 g/mol. The molecule has 0 aliphatic carbocycles. The molecule has 0 N–H and O–H groups in total. The number of rotatable bonds is 1. The van der Waals surface area contributed by atoms with Crippen LogP contribution in [0.3, 0.4) is 0 Å². The van der Waals surface area contributed by atoms with Gasteiger partial charge in [-0.05, 0) is 33.3 Å². The summed E-state index contributed by atoms with van der Waals surface area (Å²) in [5.41, 5.74) is 1.83. The largest absolute Gasteiger partial charge is 0.372 e. The molecule has 25 heavy (non-hydrogen) atoms. The molecule has 5 nitrogen and oxygen atoms in total. The number of hydrogen-bond acceptors (Lipinski definition) is 5. The van der Waals surface area contributed by atoms with Gasteiger partial charge in [0.05, 0.1) is 22.8 Å². The molecule has 2 atom stereocenters. The SMILES string of the molecule is Cc1nc(C(C)(C)C)nc2sc(C(=O)N3C[C@@H](C)O[C@@H](C)C3)c(C)c12. The van der Waals surface area contributed by atoms with E-state index in [0.29, 0.717) is 13.1 Å². The summed E-state index contributed by atoms with van der Waals surface area (Å²) in [7, 11) is 0. The Morgan fingerprint density at radius 1 is 1.16 bits per heavy atom. The van der Waals surface area contributed by atoms with Gasteiger partial charge in [-0.3, -0.25) is 4.79 Å². The number of aromatic nitrogens is 2. The first-order valence-corrected chi connectivity index (χ1v) is 9.62. The molecule has 1 saturated heterocycles. The van der Waals surface area contributed by atoms with Crippen LogP contribution in [-0.2, 0) is 10.2 Å². The highest BCUT2D eigenvalue weighted by molar-refractivity contribution is 7.20. The summed E-state index contributed by atoms with van der Waals surface area (Å²) in [6.07, 6.45) is 0.132. The highest BCUT2D eigenvalue weighted by Crippen LogP contribution is 2.34. The van der Waals surface area contributed by atoms with E-state index in [0.717, 1.165) is 32.2 Å². The number of nitrogens with zero attached hydrogens (tertiary/aromatic N) is 3. The Labute approximate surface area is 153 Å². The van der Waals surface area contributed by atoms with Gasteiger partial charge in [-0.2, -0.15) is 0 Å². The van der Waals surface area contributed by atoms with E-state index in [9.17, 15) is 4.79 Å². The molecule has 0 radical (unpaired) electrons. The third-order valence-corrected chi connectivity index (χ3v) is 5.72. The van der Waals surface area contributed by atoms with Crippen molar-refractivity contribution >= 4 is 27.5 Å². The Morgan fingerprint density at radius 3 is 2.32 bits per heavy atom. The highest BCUT2D eigenvalue weighted by atomic mass is 32.1. The zero-order chi connectivity index (χ0) is 18.5. The van der Waals surface area contributed by atoms with E-state index in [-0.39, 0.29) is 23.5 Å². The van der Waals surface area contributed by atoms with Crippen LogP contribution < -0.4 is 0 Å². The lowest BCUT2D eigenvalue weighted by Crippen LogP contribution is -2.48. The van der Waals surface area contributed by atoms with E-state index in [1.165, 1.54) is 11.3 Å². The van der Waals surface area contributed by atoms with Crippen LogP contribution in [0.15, 0.2) is 0 Å². The van der Waals surface area contributed by atoms with Gasteiger partial charge in [-0.25, -0.2) is 9.97 Å². The Balaban J connectivity index is 2.04. The average Bonchev–Trinajstić information content (AvgIpc) is 2.82. The maximum Gasteiger partial charge on any atom is 0.264 e. The standard InChI is InChI=1S/C19H27N3O2S/c1-10-8-22(9-11(2)24-10)17(23)15-12(3)14-13(4)20-18(19(5,6)7)21-16(14)25-15/h10-11H,8-9H2,1-7H3/t10-,11+. The van der Waals surface area contributed by atoms with Gasteiger partial charge >= 0.3 is 0 Å². The summed E-state index contributed by atoms with van der Waals surface area (Å²) in [5, 5.41) is 1.02. The Bertz CT molecular complexity index is 812. The lowest BCUT2D eigenvalue weighted by atomic mass is 9.95. The molecular weight excluding hydrogens is 334 g/mol. The second kappa shape index (κ2) is 6.32. The Morgan fingerprint density at radius 2 is 1.76 bits per heavy atom. The second-order valence-electron chi connectivity index (χ2n) is 8.09. The lowest BCUT2D eigenvalue weighted by Gasteiger charge is -2.35. The number of amides is 1. The van der Waals surface area contributed by atoms with E-state index in [2.05, 4.69) is 20.8 Å². The van der Waals surface area contributed by atoms with Crippen LogP contribution in [-0.4, -0.2) is 46.1 Å². The first-order valence-electron chi connectivity index (χ1n) is 8.81. The lowest BCUT2D eigenvalue weighted by molar-refractivity contribution is -0.0585. The number of thiophene rings is 1. The fourth-order valence-electron chi connectivity index (χ4n) is 3.37. The van der Waals surface area contributed by atoms with Crippen LogP contribution in [0.25, 0.3) is 10.2 Å². The number of hydrogen-bond donors (Lipinski definition) is 0. The second-order valence-corrected chi connectivity index (χ2v) is 9.09. The van der Waals surface area contributed by atoms with Gasteiger partial charge in [-0.15, -0.1) is 11.3 Å². The van der Waals surface area contributed by atoms with Gasteiger partial charge in [0.2, 0.25) is 0 Å². The van der Waals surface area contributed by atoms with Crippen molar-refractivity contribution in [2.45, 2.75) is 66.1 Å². The third-order valence-electron chi connectivity index (χ3n) is 4.54. The van der Waals surface area contributed by atoms with Crippen molar-refractivity contribution in [3.05, 3.63) is 22.0 Å². The third kappa shape index (κ3) is 3.42. The first-order chi connectivity index (χ1) is 11.6. The summed E-state index contributed by atoms with van der Waals surface area (Å²) in [6, 6.07) is 0. The summed E-state index contributed by atoms with van der Waals surface area (Å²) in [6.45, 7) is 15.6. The minimum Gasteiger partial charge on any atom is -0.372 e. The first kappa shape index (κ1) is 18.3. The van der Waals surface area contributed by atoms with Crippen molar-refractivity contribution in [2.75, 3.05) is 13.1 Å². The summed E-state index contributed by atoms with van der Waals surface area (Å²) in [4.78, 5) is 26.2. The molecule has 136 valence electrons. The number of carbonyl (C=O) groups is 1. The smallest absolute Gasteiger partial charge is 0.264 e. The zero-order valence-electron chi connectivity index (χ0n) is 16.1. The fourth-order valence-corrected chi connectivity index (χ4v) is 4.57. The molecule has 0 saturated carbocycles. The molecule has 0 bridgehead atoms. The molecule has 3 rings (SSSR count). The van der Waals surface area contributed by atoms with Crippen LogP contribution >= 0.6 is 11.3 Å². The molecule has 0 unspecified atom stereocenters. The van der Waals surface area contributed by atoms with E-state index in [1.54, 1.807) is 0 Å². The molecular formula is C19H27N3O2S. The maximum absolute atomic E-state index is 13.1. The maximum atomic E-state index is 13.1. The predicted octanol–water partition coefficient (Wildman–Crippen LogP) is 3.86. The van der Waals surface area contributed by atoms with Crippen molar-refractivity contribution in [1.29, 1.82) is 0 Å². The Hall–Kier alpha value is -1.53. The topological polar surface area (TPSA) is 55.3 Å². The quantitative estimate of drug-likeness (QED) is 0.774. The van der Waals surface area contributed by atoms with Crippen molar-refractivity contribution in [3.8, 4) is 0 Å². The predicted molar refractivity (Wildman–Crippen MR) is 102 cm³/mol. The minimum atomic E-state index is -0.115. The van der Waals surface area contributed by atoms with Gasteiger partial charge in [0, 0.05) is 23.9 Å². The van der Waals surface area contributed by atoms with Crippen molar-refractivity contribution in [3.63, 3.8) is 0 Å². The Kier molecular flexibility index (Phi) is 4.62. The van der Waals surface area contributed by atoms with Crippen LogP contribution in [0.5, 0.6) is 0 Å². The normalized spacial score (nSPS) is 21.8. The summed E-state index contributed by atoms with van der Waals surface area (Å²) >= 11 is 1.49. The van der Waals surface area contributed by atoms with E-state index in [4.69, 9.17) is 14.7 Å². The van der Waals surface area contributed by atoms with Gasteiger partial charge < -0.3 is 9.64 Å². The number of morpholine rings is 1. The van der Waals surface area contributed by atoms with Gasteiger partial charge in [0.1, 0.15) is 10.7 Å². The molecule has 1 aliphatic heterocycles. The summed E-state index contributed by atoms with van der Waals surface area (Å²) < 4.78 is 5.75. The minimum absolute atomic E-state index is 0.0661. The number of ether oxygens (including phenoxy) is 1. The number of fused-ring (bicyclic) bond motifs is 1. The molecule has 2 aromatic heterocycles. The van der Waals surface area contributed by atoms with E-state index < -0.39 is 0 Å². The molecule has 6 heteroatoms. The van der Waals surface area contributed by atoms with Gasteiger partial charge in [-0.1, -0.05) is 20.8 Å². The van der Waals surface area contributed by atoms with Crippen LogP contribution in [0.1, 0.15) is 61.4 Å².